The van der Waals surface area contributed by atoms with E-state index in [0.29, 0.717) is 5.02 Å². The Morgan fingerprint density at radius 1 is 1.11 bits per heavy atom. The Morgan fingerprint density at radius 3 is 2.17 bits per heavy atom. The topological polar surface area (TPSA) is 12.0 Å². The van der Waals surface area contributed by atoms with Crippen LogP contribution in [0.3, 0.4) is 0 Å². The average molecular weight is 292 g/mol. The fraction of sp³-hybridized carbons (Fsp3) is 0.571. The van der Waals surface area contributed by atoms with Gasteiger partial charge in [0.05, 0.1) is 5.02 Å². The van der Waals surface area contributed by atoms with Gasteiger partial charge < -0.3 is 5.32 Å². The van der Waals surface area contributed by atoms with Crippen LogP contribution >= 0.6 is 23.2 Å². The molecule has 0 heterocycles. The molecule has 0 aromatic heterocycles. The molecule has 1 nitrogen and oxygen atoms in total. The van der Waals surface area contributed by atoms with E-state index in [4.69, 9.17) is 23.2 Å². The molecule has 0 saturated heterocycles. The molecule has 0 aliphatic rings. The third kappa shape index (κ3) is 3.84. The molecule has 1 aromatic carbocycles. The molecular formula is C14H20Cl2FN. The number of rotatable bonds is 3. The third-order valence-corrected chi connectivity index (χ3v) is 3.92. The third-order valence-electron chi connectivity index (χ3n) is 3.31. The second-order valence-corrected chi connectivity index (χ2v) is 6.58. The second-order valence-electron chi connectivity index (χ2n) is 5.76. The van der Waals surface area contributed by atoms with Crippen molar-refractivity contribution in [3.8, 4) is 0 Å². The summed E-state index contributed by atoms with van der Waals surface area (Å²) in [5.74, 6) is -0.437. The maximum absolute atomic E-state index is 13.5. The molecule has 0 radical (unpaired) electrons. The first-order valence-electron chi connectivity index (χ1n) is 6.03. The fourth-order valence-electron chi connectivity index (χ4n) is 1.58. The Balaban J connectivity index is 2.91. The molecule has 0 fully saturated rings. The van der Waals surface area contributed by atoms with E-state index in [-0.39, 0.29) is 22.5 Å². The number of hydrogen-bond donors (Lipinski definition) is 1. The van der Waals surface area contributed by atoms with Crippen molar-refractivity contribution in [2.45, 2.75) is 46.7 Å². The second kappa shape index (κ2) is 5.77. The van der Waals surface area contributed by atoms with Gasteiger partial charge in [0.25, 0.3) is 0 Å². The zero-order valence-corrected chi connectivity index (χ0v) is 13.0. The Kier molecular flexibility index (Phi) is 5.05. The highest BCUT2D eigenvalue weighted by molar-refractivity contribution is 6.35. The van der Waals surface area contributed by atoms with Gasteiger partial charge in [-0.25, -0.2) is 4.39 Å². The molecule has 0 spiro atoms. The molecule has 2 atom stereocenters. The summed E-state index contributed by atoms with van der Waals surface area (Å²) in [6.07, 6.45) is 0. The molecule has 1 aromatic rings. The minimum absolute atomic E-state index is 0.0292. The van der Waals surface area contributed by atoms with Gasteiger partial charge >= 0.3 is 0 Å². The van der Waals surface area contributed by atoms with E-state index >= 15 is 0 Å². The lowest BCUT2D eigenvalue weighted by atomic mass is 9.87. The van der Waals surface area contributed by atoms with Gasteiger partial charge in [-0.15, -0.1) is 0 Å². The summed E-state index contributed by atoms with van der Waals surface area (Å²) in [4.78, 5) is 0. The van der Waals surface area contributed by atoms with Gasteiger partial charge in [-0.3, -0.25) is 0 Å². The zero-order chi connectivity index (χ0) is 14.1. The standard InChI is InChI=1S/C14H20Cl2FN/c1-8(18-9(2)14(3,4)5)10-6-13(17)12(16)7-11(10)15/h6-9,18H,1-5H3. The molecule has 1 N–H and O–H groups in total. The average Bonchev–Trinajstić information content (AvgIpc) is 2.21. The maximum Gasteiger partial charge on any atom is 0.142 e. The van der Waals surface area contributed by atoms with Crippen LogP contribution in [0.2, 0.25) is 10.0 Å². The molecule has 4 heteroatoms. The molecule has 18 heavy (non-hydrogen) atoms. The predicted molar refractivity (Wildman–Crippen MR) is 76.9 cm³/mol. The molecule has 0 bridgehead atoms. The van der Waals surface area contributed by atoms with Crippen molar-refractivity contribution >= 4 is 23.2 Å². The van der Waals surface area contributed by atoms with Gasteiger partial charge in [0.15, 0.2) is 0 Å². The fourth-order valence-corrected chi connectivity index (χ4v) is 2.13. The van der Waals surface area contributed by atoms with Crippen LogP contribution in [0.25, 0.3) is 0 Å². The summed E-state index contributed by atoms with van der Waals surface area (Å²) in [5, 5.41) is 3.97. The smallest absolute Gasteiger partial charge is 0.142 e. The molecule has 0 saturated carbocycles. The van der Waals surface area contributed by atoms with Crippen LogP contribution in [-0.2, 0) is 0 Å². The van der Waals surface area contributed by atoms with Crippen molar-refractivity contribution < 1.29 is 4.39 Å². The lowest BCUT2D eigenvalue weighted by Crippen LogP contribution is -2.39. The van der Waals surface area contributed by atoms with E-state index in [2.05, 4.69) is 33.0 Å². The van der Waals surface area contributed by atoms with Crippen LogP contribution in [-0.4, -0.2) is 6.04 Å². The molecule has 0 amide bonds. The van der Waals surface area contributed by atoms with E-state index in [1.807, 2.05) is 6.92 Å². The highest BCUT2D eigenvalue weighted by Gasteiger charge is 2.23. The van der Waals surface area contributed by atoms with Gasteiger partial charge in [-0.1, -0.05) is 44.0 Å². The van der Waals surface area contributed by atoms with Crippen molar-refractivity contribution in [3.63, 3.8) is 0 Å². The quantitative estimate of drug-likeness (QED) is 0.753. The predicted octanol–water partition coefficient (Wildman–Crippen LogP) is 5.22. The minimum atomic E-state index is -0.437. The van der Waals surface area contributed by atoms with Crippen molar-refractivity contribution in [1.82, 2.24) is 5.32 Å². The molecule has 102 valence electrons. The normalized spacial score (nSPS) is 15.6. The molecule has 1 rings (SSSR count). The maximum atomic E-state index is 13.5. The lowest BCUT2D eigenvalue weighted by Gasteiger charge is -2.31. The first kappa shape index (κ1) is 15.7. The van der Waals surface area contributed by atoms with Gasteiger partial charge in [-0.2, -0.15) is 0 Å². The minimum Gasteiger partial charge on any atom is -0.307 e. The number of hydrogen-bond acceptors (Lipinski definition) is 1. The van der Waals surface area contributed by atoms with Crippen LogP contribution in [0.1, 0.15) is 46.2 Å². The van der Waals surface area contributed by atoms with Gasteiger partial charge in [-0.05, 0) is 37.0 Å². The zero-order valence-electron chi connectivity index (χ0n) is 11.4. The lowest BCUT2D eigenvalue weighted by molar-refractivity contribution is 0.268. The van der Waals surface area contributed by atoms with E-state index in [1.165, 1.54) is 12.1 Å². The Labute approximate surface area is 119 Å². The summed E-state index contributed by atoms with van der Waals surface area (Å²) in [6, 6.07) is 3.10. The summed E-state index contributed by atoms with van der Waals surface area (Å²) >= 11 is 11.8. The molecule has 0 aliphatic carbocycles. The SMILES string of the molecule is CC(NC(C)C(C)(C)C)c1cc(F)c(Cl)cc1Cl. The van der Waals surface area contributed by atoms with Crippen LogP contribution < -0.4 is 5.32 Å². The first-order chi connectivity index (χ1) is 8.12. The van der Waals surface area contributed by atoms with E-state index in [9.17, 15) is 4.39 Å². The Morgan fingerprint density at radius 2 is 1.67 bits per heavy atom. The highest BCUT2D eigenvalue weighted by atomic mass is 35.5. The van der Waals surface area contributed by atoms with Crippen LogP contribution in [0.4, 0.5) is 4.39 Å². The highest BCUT2D eigenvalue weighted by Crippen LogP contribution is 2.30. The molecule has 2 unspecified atom stereocenters. The van der Waals surface area contributed by atoms with E-state index in [0.717, 1.165) is 5.56 Å². The summed E-state index contributed by atoms with van der Waals surface area (Å²) in [6.45, 7) is 10.5. The van der Waals surface area contributed by atoms with Crippen LogP contribution in [0.5, 0.6) is 0 Å². The first-order valence-corrected chi connectivity index (χ1v) is 6.79. The van der Waals surface area contributed by atoms with Crippen molar-refractivity contribution in [2.75, 3.05) is 0 Å². The Bertz CT molecular complexity index is 427. The van der Waals surface area contributed by atoms with Crippen molar-refractivity contribution in [3.05, 3.63) is 33.6 Å². The van der Waals surface area contributed by atoms with Crippen molar-refractivity contribution in [2.24, 2.45) is 5.41 Å². The van der Waals surface area contributed by atoms with E-state index in [1.54, 1.807) is 0 Å². The van der Waals surface area contributed by atoms with Gasteiger partial charge in [0.2, 0.25) is 0 Å². The monoisotopic (exact) mass is 291 g/mol. The Hall–Kier alpha value is -0.310. The molecular weight excluding hydrogens is 272 g/mol. The summed E-state index contributed by atoms with van der Waals surface area (Å²) < 4.78 is 13.5. The van der Waals surface area contributed by atoms with Crippen LogP contribution in [0, 0.1) is 11.2 Å². The van der Waals surface area contributed by atoms with Crippen molar-refractivity contribution in [1.29, 1.82) is 0 Å². The van der Waals surface area contributed by atoms with E-state index < -0.39 is 5.82 Å². The number of nitrogens with one attached hydrogen (secondary N) is 1. The van der Waals surface area contributed by atoms with Gasteiger partial charge in [0, 0.05) is 17.1 Å². The molecule has 0 aliphatic heterocycles. The summed E-state index contributed by atoms with van der Waals surface area (Å²) in [5.41, 5.74) is 0.862. The summed E-state index contributed by atoms with van der Waals surface area (Å²) in [7, 11) is 0. The number of benzene rings is 1. The van der Waals surface area contributed by atoms with Gasteiger partial charge in [0.1, 0.15) is 5.82 Å². The largest absolute Gasteiger partial charge is 0.307 e. The van der Waals surface area contributed by atoms with Crippen LogP contribution in [0.15, 0.2) is 12.1 Å². The number of halogens is 3.